The first kappa shape index (κ1) is 114. The van der Waals surface area contributed by atoms with Crippen LogP contribution in [0.4, 0.5) is 0 Å². The van der Waals surface area contributed by atoms with Gasteiger partial charge >= 0.3 is 0 Å². The minimum absolute atomic E-state index is 0.351. The second kappa shape index (κ2) is 61.9. The lowest BCUT2D eigenvalue weighted by atomic mass is 9.75. The van der Waals surface area contributed by atoms with Crippen LogP contribution in [0, 0.1) is 79.3 Å². The van der Waals surface area contributed by atoms with Crippen molar-refractivity contribution in [3.05, 3.63) is 0 Å². The molecule has 8 saturated heterocycles. The average Bonchev–Trinajstić information content (AvgIpc) is 0.896. The van der Waals surface area contributed by atoms with Crippen LogP contribution in [-0.4, -0.2) is 196 Å². The summed E-state index contributed by atoms with van der Waals surface area (Å²) in [5.74, 6) is 6.60. The van der Waals surface area contributed by atoms with Crippen molar-refractivity contribution in [1.82, 2.24) is 44.9 Å². The Labute approximate surface area is 734 Å². The van der Waals surface area contributed by atoms with Crippen LogP contribution < -0.4 is 10.6 Å². The van der Waals surface area contributed by atoms with E-state index in [1.165, 1.54) is 388 Å². The Morgan fingerprint density at radius 2 is 0.448 bits per heavy atom. The zero-order chi connectivity index (χ0) is 87.5. The Morgan fingerprint density at radius 3 is 0.707 bits per heavy atom. The number of piperidine rings is 8. The third-order valence-electron chi connectivity index (χ3n) is 29.6. The molecule has 0 amide bonds. The van der Waals surface area contributed by atoms with Crippen molar-refractivity contribution in [2.24, 2.45) is 79.3 Å². The molecule has 116 heavy (non-hydrogen) atoms. The van der Waals surface area contributed by atoms with Gasteiger partial charge in [-0.05, 0) is 379 Å². The van der Waals surface area contributed by atoms with Crippen molar-refractivity contribution < 1.29 is 0 Å². The zero-order valence-corrected chi connectivity index (χ0v) is 86.2. The molecule has 8 rings (SSSR count). The number of nitrogens with one attached hydrogen (secondary N) is 2. The summed E-state index contributed by atoms with van der Waals surface area (Å²) in [5.41, 5.74) is 4.03. The summed E-state index contributed by atoms with van der Waals surface area (Å²) in [6, 6.07) is 0.772. The van der Waals surface area contributed by atoms with E-state index < -0.39 is 0 Å². The fraction of sp³-hybridized carbons (Fsp3) is 1.00. The van der Waals surface area contributed by atoms with Gasteiger partial charge < -0.3 is 40.0 Å². The summed E-state index contributed by atoms with van der Waals surface area (Å²) in [7, 11) is 0. The molecule has 8 heterocycles. The van der Waals surface area contributed by atoms with E-state index in [0.29, 0.717) is 43.4 Å². The van der Waals surface area contributed by atoms with E-state index >= 15 is 0 Å². The number of likely N-dealkylation sites (tertiary alicyclic amines) is 7. The lowest BCUT2D eigenvalue weighted by molar-refractivity contribution is 0.0963. The van der Waals surface area contributed by atoms with Gasteiger partial charge in [-0.3, -0.25) is 4.90 Å². The molecule has 0 spiro atoms. The van der Waals surface area contributed by atoms with E-state index in [-0.39, 0.29) is 0 Å². The summed E-state index contributed by atoms with van der Waals surface area (Å²) in [6.07, 6.45) is 51.5. The van der Waals surface area contributed by atoms with Gasteiger partial charge in [-0.2, -0.15) is 0 Å². The van der Waals surface area contributed by atoms with E-state index in [1.54, 1.807) is 0 Å². The molecule has 8 aliphatic heterocycles. The zero-order valence-electron chi connectivity index (χ0n) is 86.2. The van der Waals surface area contributed by atoms with Crippen molar-refractivity contribution in [2.75, 3.05) is 151 Å². The smallest absolute Gasteiger partial charge is 0.0125 e. The topological polar surface area (TPSA) is 46.7 Å². The highest BCUT2D eigenvalue weighted by Gasteiger charge is 2.35. The third-order valence-corrected chi connectivity index (χ3v) is 29.6. The van der Waals surface area contributed by atoms with Gasteiger partial charge in [0.25, 0.3) is 0 Å². The first-order chi connectivity index (χ1) is 54.4. The van der Waals surface area contributed by atoms with Crippen LogP contribution in [0.15, 0.2) is 0 Å². The average molecular weight is 1640 g/mol. The molecule has 0 unspecified atom stereocenters. The van der Waals surface area contributed by atoms with Crippen LogP contribution >= 0.6 is 0 Å². The first-order valence-corrected chi connectivity index (χ1v) is 51.9. The molecular formula is C107H223N9. The van der Waals surface area contributed by atoms with Crippen LogP contribution in [0.1, 0.15) is 452 Å². The van der Waals surface area contributed by atoms with Gasteiger partial charge in [-0.25, -0.2) is 0 Å². The van der Waals surface area contributed by atoms with Gasteiger partial charge in [0.15, 0.2) is 0 Å². The number of hydrogen-bond donors (Lipinski definition) is 2. The number of nitrogens with zero attached hydrogens (tertiary/aromatic N) is 7. The lowest BCUT2D eigenvalue weighted by Crippen LogP contribution is -2.50. The molecule has 9 nitrogen and oxygen atoms in total. The molecule has 0 aliphatic carbocycles. The van der Waals surface area contributed by atoms with Gasteiger partial charge in [0, 0.05) is 24.7 Å². The molecule has 2 N–H and O–H groups in total. The Hall–Kier alpha value is -0.360. The number of unbranched alkanes of at least 4 members (excludes halogenated alkanes) is 15. The fourth-order valence-corrected chi connectivity index (χ4v) is 19.9. The summed E-state index contributed by atoms with van der Waals surface area (Å²) in [6.45, 7) is 103. The predicted molar refractivity (Wildman–Crippen MR) is 526 cm³/mol. The minimum atomic E-state index is 0.351. The lowest BCUT2D eigenvalue weighted by Gasteiger charge is -2.41. The molecule has 0 radical (unpaired) electrons. The van der Waals surface area contributed by atoms with Gasteiger partial charge in [-0.1, -0.05) is 290 Å². The maximum atomic E-state index is 3.76. The predicted octanol–water partition coefficient (Wildman–Crippen LogP) is 28.7. The summed E-state index contributed by atoms with van der Waals surface area (Å²) in [4.78, 5) is 18.5. The van der Waals surface area contributed by atoms with Gasteiger partial charge in [0.1, 0.15) is 0 Å². The summed E-state index contributed by atoms with van der Waals surface area (Å²) < 4.78 is 0. The number of rotatable bonds is 29. The van der Waals surface area contributed by atoms with E-state index in [0.717, 1.165) is 47.5 Å². The quantitative estimate of drug-likeness (QED) is 0.0713. The first-order valence-electron chi connectivity index (χ1n) is 51.9. The molecule has 0 aromatic carbocycles. The molecule has 0 aromatic heterocycles. The standard InChI is InChI=1S/C17H36N2.C16H33N.C15H31N.C14H29N.C13H27N.C12H25N.C11H23N.C9H19N/c1-5-6-7-8-9-10-13-18-16-11-14-19(15-12-16)17(2,3)4;1-5-6-7-8-9-12-17-13-10-15(11-14-17)16(2,3)4;1-5-6-7-8-11-16-12-9-14(10-13-16)15(2,3)4;1-5-6-7-10-15-11-8-13(9-12-15)14(2,3)4;1-5-6-9-14-10-7-12(8-11-14)13(2,3)4;1-5-8-13-9-6-11(7-10-13)12(2,3)4;1-5-12-8-6-10(7-9-12)11(2,3)4;1-9(2,3)8-4-6-10-7-5-8/h16,18H,5-15H2,1-4H3;15H,5-14H2,1-4H3;14H,5-13H2,1-4H3;13H,5-12H2,1-4H3;12H,5-11H2,1-4H3;11H,5-10H2,1-4H3;10H,5-9H2,1-4H3;8,10H,4-7H2,1-3H3. The highest BCUT2D eigenvalue weighted by Crippen LogP contribution is 2.40. The second-order valence-electron chi connectivity index (χ2n) is 47.6. The normalized spacial score (nSPS) is 20.9. The van der Waals surface area contributed by atoms with Crippen molar-refractivity contribution in [2.45, 2.75) is 464 Å². The Bertz CT molecular complexity index is 2160. The molecule has 8 fully saturated rings. The van der Waals surface area contributed by atoms with Crippen molar-refractivity contribution >= 4 is 0 Å². The molecule has 8 aliphatic rings. The van der Waals surface area contributed by atoms with Crippen LogP contribution in [0.25, 0.3) is 0 Å². The van der Waals surface area contributed by atoms with E-state index in [2.05, 4.69) is 260 Å². The Kier molecular flexibility index (Phi) is 60.7. The third kappa shape index (κ3) is 55.2. The fourth-order valence-electron chi connectivity index (χ4n) is 19.9. The van der Waals surface area contributed by atoms with Crippen LogP contribution in [-0.2, 0) is 0 Å². The molecular weight excluding hydrogens is 1410 g/mol. The molecule has 9 heteroatoms. The van der Waals surface area contributed by atoms with E-state index in [1.807, 2.05) is 0 Å². The van der Waals surface area contributed by atoms with Crippen LogP contribution in [0.3, 0.4) is 0 Å². The van der Waals surface area contributed by atoms with Crippen molar-refractivity contribution in [3.8, 4) is 0 Å². The van der Waals surface area contributed by atoms with Gasteiger partial charge in [0.05, 0.1) is 0 Å². The Balaban J connectivity index is 0.000000667. The number of hydrogen-bond acceptors (Lipinski definition) is 9. The van der Waals surface area contributed by atoms with Gasteiger partial charge in [0.2, 0.25) is 0 Å². The highest BCUT2D eigenvalue weighted by atomic mass is 15.2. The van der Waals surface area contributed by atoms with Crippen molar-refractivity contribution in [3.63, 3.8) is 0 Å². The Morgan fingerprint density at radius 1 is 0.224 bits per heavy atom. The van der Waals surface area contributed by atoms with Crippen LogP contribution in [0.2, 0.25) is 0 Å². The molecule has 0 atom stereocenters. The monoisotopic (exact) mass is 1630 g/mol. The SMILES string of the molecule is CC(C)(C)C1CCNCC1.CCCCCCCCNC1CCN(C(C)(C)C)CC1.CCCCCCCN1CCC(C(C)(C)C)CC1.CCCCCCN1CCC(C(C)(C)C)CC1.CCCCCN1CCC(C(C)(C)C)CC1.CCCCN1CCC(C(C)(C)C)CC1.CCCN1CCC(C(C)(C)C)CC1.CCN1CCC(C(C)(C)C)CC1. The molecule has 696 valence electrons. The molecule has 0 bridgehead atoms. The largest absolute Gasteiger partial charge is 0.317 e. The van der Waals surface area contributed by atoms with E-state index in [9.17, 15) is 0 Å². The maximum Gasteiger partial charge on any atom is 0.0125 e. The minimum Gasteiger partial charge on any atom is -0.317 e. The molecule has 0 saturated carbocycles. The summed E-state index contributed by atoms with van der Waals surface area (Å²) in [5, 5.41) is 7.14. The van der Waals surface area contributed by atoms with E-state index in [4.69, 9.17) is 0 Å². The van der Waals surface area contributed by atoms with Gasteiger partial charge in [-0.15, -0.1) is 0 Å². The molecule has 0 aromatic rings. The maximum absolute atomic E-state index is 3.76. The highest BCUT2D eigenvalue weighted by molar-refractivity contribution is 4.88. The van der Waals surface area contributed by atoms with Crippen molar-refractivity contribution in [1.29, 1.82) is 0 Å². The second-order valence-corrected chi connectivity index (χ2v) is 47.6. The van der Waals surface area contributed by atoms with Crippen LogP contribution in [0.5, 0.6) is 0 Å². The summed E-state index contributed by atoms with van der Waals surface area (Å²) >= 11 is 0.